The number of amides is 1. The molecule has 2 aromatic carbocycles. The van der Waals surface area contributed by atoms with Crippen LogP contribution in [0, 0.1) is 0 Å². The molecule has 0 aliphatic heterocycles. The SMILES string of the molecule is CCc1nc(-c2ccc(Cl)cc2)sc1C(=O)N/N=C/c1ccc(OC)c(O)c1. The van der Waals surface area contributed by atoms with Gasteiger partial charge in [-0.05, 0) is 42.3 Å². The Bertz CT molecular complexity index is 1020. The van der Waals surface area contributed by atoms with Gasteiger partial charge in [0.05, 0.1) is 19.0 Å². The van der Waals surface area contributed by atoms with Crippen molar-refractivity contribution in [1.29, 1.82) is 0 Å². The number of carbonyl (C=O) groups excluding carboxylic acids is 1. The van der Waals surface area contributed by atoms with E-state index in [2.05, 4.69) is 15.5 Å². The molecule has 1 heterocycles. The predicted octanol–water partition coefficient (Wildman–Crippen LogP) is 4.50. The molecule has 2 N–H and O–H groups in total. The van der Waals surface area contributed by atoms with Gasteiger partial charge >= 0.3 is 0 Å². The highest BCUT2D eigenvalue weighted by atomic mass is 35.5. The van der Waals surface area contributed by atoms with Gasteiger partial charge in [-0.15, -0.1) is 11.3 Å². The first kappa shape index (κ1) is 19.9. The first-order chi connectivity index (χ1) is 13.5. The number of ether oxygens (including phenoxy) is 1. The fourth-order valence-electron chi connectivity index (χ4n) is 2.49. The van der Waals surface area contributed by atoms with Gasteiger partial charge < -0.3 is 9.84 Å². The number of aromatic nitrogens is 1. The number of phenolic OH excluding ortho intramolecular Hbond substituents is 1. The van der Waals surface area contributed by atoms with E-state index in [1.165, 1.54) is 30.7 Å². The van der Waals surface area contributed by atoms with Gasteiger partial charge in [0.15, 0.2) is 11.5 Å². The maximum absolute atomic E-state index is 12.5. The van der Waals surface area contributed by atoms with E-state index < -0.39 is 0 Å². The Kier molecular flexibility index (Phi) is 6.28. The zero-order valence-corrected chi connectivity index (χ0v) is 16.8. The Morgan fingerprint density at radius 3 is 2.71 bits per heavy atom. The second-order valence-corrected chi connectivity index (χ2v) is 7.22. The van der Waals surface area contributed by atoms with Crippen LogP contribution in [0.3, 0.4) is 0 Å². The van der Waals surface area contributed by atoms with Crippen molar-refractivity contribution < 1.29 is 14.6 Å². The fourth-order valence-corrected chi connectivity index (χ4v) is 3.66. The minimum atomic E-state index is -0.330. The Morgan fingerprint density at radius 1 is 1.32 bits per heavy atom. The number of hydrogen-bond donors (Lipinski definition) is 2. The predicted molar refractivity (Wildman–Crippen MR) is 112 cm³/mol. The van der Waals surface area contributed by atoms with Crippen LogP contribution in [0.15, 0.2) is 47.6 Å². The van der Waals surface area contributed by atoms with Gasteiger partial charge in [0.1, 0.15) is 9.88 Å². The average Bonchev–Trinajstić information content (AvgIpc) is 3.13. The van der Waals surface area contributed by atoms with Crippen molar-refractivity contribution in [2.45, 2.75) is 13.3 Å². The molecule has 1 aromatic heterocycles. The molecule has 0 spiro atoms. The number of methoxy groups -OCH3 is 1. The van der Waals surface area contributed by atoms with Crippen LogP contribution in [0.1, 0.15) is 27.9 Å². The largest absolute Gasteiger partial charge is 0.504 e. The summed E-state index contributed by atoms with van der Waals surface area (Å²) in [6.07, 6.45) is 2.08. The third kappa shape index (κ3) is 4.49. The van der Waals surface area contributed by atoms with Crippen molar-refractivity contribution in [1.82, 2.24) is 10.4 Å². The molecule has 8 heteroatoms. The Hall–Kier alpha value is -2.90. The minimum Gasteiger partial charge on any atom is -0.504 e. The van der Waals surface area contributed by atoms with Crippen molar-refractivity contribution >= 4 is 35.1 Å². The van der Waals surface area contributed by atoms with E-state index in [0.717, 1.165) is 10.6 Å². The zero-order valence-electron chi connectivity index (χ0n) is 15.3. The molecular weight excluding hydrogens is 398 g/mol. The lowest BCUT2D eigenvalue weighted by atomic mass is 10.2. The standard InChI is InChI=1S/C20H18ClN3O3S/c1-3-15-18(28-20(23-15)13-5-7-14(21)8-6-13)19(26)24-22-11-12-4-9-17(27-2)16(25)10-12/h4-11,25H,3H2,1-2H3,(H,24,26)/b22-11+. The number of nitrogens with one attached hydrogen (secondary N) is 1. The van der Waals surface area contributed by atoms with Crippen molar-refractivity contribution in [2.24, 2.45) is 5.10 Å². The van der Waals surface area contributed by atoms with E-state index in [1.54, 1.807) is 24.3 Å². The van der Waals surface area contributed by atoms with E-state index in [9.17, 15) is 9.90 Å². The van der Waals surface area contributed by atoms with Gasteiger partial charge in [-0.25, -0.2) is 10.4 Å². The summed E-state index contributed by atoms with van der Waals surface area (Å²) in [5, 5.41) is 15.2. The number of benzene rings is 2. The molecule has 0 saturated heterocycles. The maximum Gasteiger partial charge on any atom is 0.283 e. The van der Waals surface area contributed by atoms with Crippen molar-refractivity contribution in [3.63, 3.8) is 0 Å². The van der Waals surface area contributed by atoms with Crippen LogP contribution >= 0.6 is 22.9 Å². The quantitative estimate of drug-likeness (QED) is 0.458. The zero-order chi connectivity index (χ0) is 20.1. The highest BCUT2D eigenvalue weighted by Gasteiger charge is 2.17. The van der Waals surface area contributed by atoms with E-state index in [4.69, 9.17) is 16.3 Å². The number of aryl methyl sites for hydroxylation is 1. The molecule has 0 bridgehead atoms. The lowest BCUT2D eigenvalue weighted by Gasteiger charge is -2.03. The third-order valence-corrected chi connectivity index (χ3v) is 5.31. The molecule has 144 valence electrons. The molecule has 0 aliphatic rings. The van der Waals surface area contributed by atoms with Crippen molar-refractivity contribution in [2.75, 3.05) is 7.11 Å². The van der Waals surface area contributed by atoms with E-state index in [-0.39, 0.29) is 11.7 Å². The van der Waals surface area contributed by atoms with Gasteiger partial charge in [0.2, 0.25) is 0 Å². The van der Waals surface area contributed by atoms with Crippen LogP contribution in [0.4, 0.5) is 0 Å². The second kappa shape index (κ2) is 8.86. The minimum absolute atomic E-state index is 0.00103. The topological polar surface area (TPSA) is 83.8 Å². The number of carbonyl (C=O) groups is 1. The van der Waals surface area contributed by atoms with E-state index >= 15 is 0 Å². The summed E-state index contributed by atoms with van der Waals surface area (Å²) < 4.78 is 4.99. The summed E-state index contributed by atoms with van der Waals surface area (Å²) >= 11 is 7.24. The van der Waals surface area contributed by atoms with Gasteiger partial charge in [-0.3, -0.25) is 4.79 Å². The highest BCUT2D eigenvalue weighted by Crippen LogP contribution is 2.29. The van der Waals surface area contributed by atoms with Crippen LogP contribution in [0.2, 0.25) is 5.02 Å². The number of hydrazone groups is 1. The van der Waals surface area contributed by atoms with Crippen LogP contribution < -0.4 is 10.2 Å². The fraction of sp³-hybridized carbons (Fsp3) is 0.150. The number of rotatable bonds is 6. The normalized spacial score (nSPS) is 11.0. The summed E-state index contributed by atoms with van der Waals surface area (Å²) in [5.74, 6) is 0.0396. The molecule has 28 heavy (non-hydrogen) atoms. The summed E-state index contributed by atoms with van der Waals surface area (Å²) in [5.41, 5.74) is 4.75. The van der Waals surface area contributed by atoms with Crippen LogP contribution in [0.25, 0.3) is 10.6 Å². The summed E-state index contributed by atoms with van der Waals surface area (Å²) in [4.78, 5) is 17.6. The number of hydrogen-bond acceptors (Lipinski definition) is 6. The second-order valence-electron chi connectivity index (χ2n) is 5.79. The van der Waals surface area contributed by atoms with Gasteiger partial charge in [-0.1, -0.05) is 30.7 Å². The van der Waals surface area contributed by atoms with Gasteiger partial charge in [0, 0.05) is 10.6 Å². The molecule has 0 saturated carbocycles. The molecule has 1 amide bonds. The monoisotopic (exact) mass is 415 g/mol. The van der Waals surface area contributed by atoms with E-state index in [0.29, 0.717) is 33.3 Å². The van der Waals surface area contributed by atoms with Crippen LogP contribution in [0.5, 0.6) is 11.5 Å². The molecule has 0 radical (unpaired) electrons. The number of thiazole rings is 1. The maximum atomic E-state index is 12.5. The first-order valence-electron chi connectivity index (χ1n) is 8.48. The van der Waals surface area contributed by atoms with Gasteiger partial charge in [0.25, 0.3) is 5.91 Å². The van der Waals surface area contributed by atoms with Crippen molar-refractivity contribution in [3.8, 4) is 22.1 Å². The number of phenols is 1. The molecule has 3 rings (SSSR count). The molecule has 6 nitrogen and oxygen atoms in total. The van der Waals surface area contributed by atoms with E-state index in [1.807, 2.05) is 19.1 Å². The number of aromatic hydroxyl groups is 1. The molecule has 0 aliphatic carbocycles. The first-order valence-corrected chi connectivity index (χ1v) is 9.67. The van der Waals surface area contributed by atoms with Gasteiger partial charge in [-0.2, -0.15) is 5.10 Å². The molecule has 0 atom stereocenters. The number of halogens is 1. The average molecular weight is 416 g/mol. The summed E-state index contributed by atoms with van der Waals surface area (Å²) in [6, 6.07) is 12.2. The van der Waals surface area contributed by atoms with Crippen LogP contribution in [-0.2, 0) is 6.42 Å². The summed E-state index contributed by atoms with van der Waals surface area (Å²) in [7, 11) is 1.47. The lowest BCUT2D eigenvalue weighted by molar-refractivity contribution is 0.0958. The molecule has 0 fully saturated rings. The van der Waals surface area contributed by atoms with Crippen LogP contribution in [-0.4, -0.2) is 29.3 Å². The molecular formula is C20H18ClN3O3S. The van der Waals surface area contributed by atoms with Crippen molar-refractivity contribution in [3.05, 3.63) is 63.6 Å². The Balaban J connectivity index is 1.75. The third-order valence-electron chi connectivity index (χ3n) is 3.91. The number of nitrogens with zero attached hydrogens (tertiary/aromatic N) is 2. The molecule has 0 unspecified atom stereocenters. The lowest BCUT2D eigenvalue weighted by Crippen LogP contribution is -2.17. The Morgan fingerprint density at radius 2 is 2.07 bits per heavy atom. The highest BCUT2D eigenvalue weighted by molar-refractivity contribution is 7.17. The molecule has 3 aromatic rings. The smallest absolute Gasteiger partial charge is 0.283 e. The Labute approximate surface area is 171 Å². The summed E-state index contributed by atoms with van der Waals surface area (Å²) in [6.45, 7) is 1.95.